The number of ether oxygens (including phenoxy) is 1. The van der Waals surface area contributed by atoms with Crippen LogP contribution >= 0.6 is 22.9 Å². The smallest absolute Gasteiger partial charge is 0.345 e. The summed E-state index contributed by atoms with van der Waals surface area (Å²) in [6.07, 6.45) is 0. The van der Waals surface area contributed by atoms with Gasteiger partial charge in [0.15, 0.2) is 11.5 Å². The molecule has 0 bridgehead atoms. The highest BCUT2D eigenvalue weighted by Gasteiger charge is 2.10. The minimum Gasteiger partial charge on any atom is -0.504 e. The second-order valence-electron chi connectivity index (χ2n) is 4.48. The zero-order valence-corrected chi connectivity index (χ0v) is 13.0. The highest BCUT2D eigenvalue weighted by atomic mass is 35.5. The molecule has 3 rings (SSSR count). The molecule has 2 heterocycles. The molecule has 3 aromatic rings. The number of phenols is 1. The third-order valence-corrected chi connectivity index (χ3v) is 4.32. The molecule has 0 radical (unpaired) electrons. The molecule has 0 fully saturated rings. The second-order valence-corrected chi connectivity index (χ2v) is 6.19. The standard InChI is InChI=1S/C15H11ClN2O3S/c1-21-12-6-8(2-3-11(12)19)9-7-10(18-15(20)17-9)13-4-5-14(16)22-13/h2-7,19H,1H3,(H,17,18,20). The molecular formula is C15H11ClN2O3S. The van der Waals surface area contributed by atoms with Crippen molar-refractivity contribution in [1.82, 2.24) is 9.97 Å². The van der Waals surface area contributed by atoms with Crippen molar-refractivity contribution in [2.45, 2.75) is 0 Å². The Morgan fingerprint density at radius 1 is 1.27 bits per heavy atom. The summed E-state index contributed by atoms with van der Waals surface area (Å²) in [7, 11) is 1.46. The van der Waals surface area contributed by atoms with E-state index in [0.717, 1.165) is 4.88 Å². The Balaban J connectivity index is 2.12. The van der Waals surface area contributed by atoms with Crippen molar-refractivity contribution in [3.05, 3.63) is 51.2 Å². The molecular weight excluding hydrogens is 324 g/mol. The number of rotatable bonds is 3. The number of nitrogens with one attached hydrogen (secondary N) is 1. The summed E-state index contributed by atoms with van der Waals surface area (Å²) in [5.74, 6) is 0.349. The minimum atomic E-state index is -0.455. The summed E-state index contributed by atoms with van der Waals surface area (Å²) in [4.78, 5) is 19.3. The van der Waals surface area contributed by atoms with Crippen molar-refractivity contribution in [1.29, 1.82) is 0 Å². The number of nitrogens with zero attached hydrogens (tertiary/aromatic N) is 1. The van der Waals surface area contributed by atoms with Crippen LogP contribution in [-0.4, -0.2) is 22.2 Å². The summed E-state index contributed by atoms with van der Waals surface area (Å²) in [6.45, 7) is 0. The lowest BCUT2D eigenvalue weighted by Gasteiger charge is -2.07. The number of aromatic nitrogens is 2. The number of methoxy groups -OCH3 is 1. The van der Waals surface area contributed by atoms with Gasteiger partial charge in [0, 0.05) is 5.56 Å². The Hall–Kier alpha value is -2.31. The molecule has 2 aromatic heterocycles. The van der Waals surface area contributed by atoms with Crippen molar-refractivity contribution < 1.29 is 9.84 Å². The molecule has 0 atom stereocenters. The first-order valence-corrected chi connectivity index (χ1v) is 7.51. The number of hydrogen-bond donors (Lipinski definition) is 2. The van der Waals surface area contributed by atoms with E-state index in [9.17, 15) is 9.90 Å². The van der Waals surface area contributed by atoms with E-state index < -0.39 is 5.69 Å². The van der Waals surface area contributed by atoms with E-state index in [1.165, 1.54) is 24.5 Å². The molecule has 0 amide bonds. The number of aromatic hydroxyl groups is 1. The summed E-state index contributed by atoms with van der Waals surface area (Å²) in [5.41, 5.74) is 1.34. The molecule has 2 N–H and O–H groups in total. The third kappa shape index (κ3) is 2.84. The van der Waals surface area contributed by atoms with Crippen LogP contribution in [0.5, 0.6) is 11.5 Å². The normalized spacial score (nSPS) is 10.6. The van der Waals surface area contributed by atoms with Crippen LogP contribution in [0, 0.1) is 0 Å². The lowest BCUT2D eigenvalue weighted by atomic mass is 10.1. The fourth-order valence-electron chi connectivity index (χ4n) is 2.03. The van der Waals surface area contributed by atoms with Crippen LogP contribution < -0.4 is 10.4 Å². The zero-order valence-electron chi connectivity index (χ0n) is 11.5. The van der Waals surface area contributed by atoms with E-state index in [2.05, 4.69) is 9.97 Å². The maximum atomic E-state index is 11.8. The van der Waals surface area contributed by atoms with Crippen LogP contribution in [0.4, 0.5) is 0 Å². The monoisotopic (exact) mass is 334 g/mol. The van der Waals surface area contributed by atoms with E-state index in [1.54, 1.807) is 24.3 Å². The zero-order chi connectivity index (χ0) is 15.7. The molecule has 0 saturated heterocycles. The van der Waals surface area contributed by atoms with Gasteiger partial charge >= 0.3 is 5.69 Å². The maximum absolute atomic E-state index is 11.8. The highest BCUT2D eigenvalue weighted by Crippen LogP contribution is 2.33. The van der Waals surface area contributed by atoms with E-state index >= 15 is 0 Å². The lowest BCUT2D eigenvalue weighted by Crippen LogP contribution is -2.11. The van der Waals surface area contributed by atoms with Gasteiger partial charge in [-0.2, -0.15) is 4.98 Å². The first-order valence-electron chi connectivity index (χ1n) is 6.31. The van der Waals surface area contributed by atoms with E-state index in [4.69, 9.17) is 16.3 Å². The Labute approximate surface area is 134 Å². The van der Waals surface area contributed by atoms with Gasteiger partial charge in [-0.15, -0.1) is 11.3 Å². The number of thiophene rings is 1. The van der Waals surface area contributed by atoms with Crippen molar-refractivity contribution in [2.24, 2.45) is 0 Å². The van der Waals surface area contributed by atoms with Gasteiger partial charge in [0.2, 0.25) is 0 Å². The Bertz CT molecular complexity index is 888. The summed E-state index contributed by atoms with van der Waals surface area (Å²) < 4.78 is 5.72. The van der Waals surface area contributed by atoms with Crippen LogP contribution in [0.2, 0.25) is 4.34 Å². The first-order chi connectivity index (χ1) is 10.6. The van der Waals surface area contributed by atoms with Crippen molar-refractivity contribution in [2.75, 3.05) is 7.11 Å². The summed E-state index contributed by atoms with van der Waals surface area (Å²) in [6, 6.07) is 10.2. The van der Waals surface area contributed by atoms with Crippen LogP contribution in [-0.2, 0) is 0 Å². The Kier molecular flexibility index (Phi) is 3.87. The molecule has 0 aliphatic heterocycles. The average Bonchev–Trinajstić information content (AvgIpc) is 2.94. The quantitative estimate of drug-likeness (QED) is 0.768. The fraction of sp³-hybridized carbons (Fsp3) is 0.0667. The molecule has 0 saturated carbocycles. The van der Waals surface area contributed by atoms with Gasteiger partial charge in [-0.05, 0) is 36.4 Å². The minimum absolute atomic E-state index is 0.0290. The van der Waals surface area contributed by atoms with Crippen LogP contribution in [0.15, 0.2) is 41.2 Å². The molecule has 5 nitrogen and oxygen atoms in total. The van der Waals surface area contributed by atoms with Gasteiger partial charge in [0.05, 0.1) is 27.7 Å². The molecule has 0 aliphatic rings. The molecule has 1 aromatic carbocycles. The van der Waals surface area contributed by atoms with Gasteiger partial charge in [-0.25, -0.2) is 4.79 Å². The number of halogens is 1. The van der Waals surface area contributed by atoms with Crippen molar-refractivity contribution in [3.8, 4) is 33.3 Å². The Morgan fingerprint density at radius 3 is 2.77 bits per heavy atom. The topological polar surface area (TPSA) is 75.2 Å². The number of hydrogen-bond acceptors (Lipinski definition) is 5. The predicted molar refractivity (Wildman–Crippen MR) is 86.8 cm³/mol. The maximum Gasteiger partial charge on any atom is 0.345 e. The van der Waals surface area contributed by atoms with Gasteiger partial charge < -0.3 is 14.8 Å². The number of benzene rings is 1. The first kappa shape index (κ1) is 14.6. The number of aromatic amines is 1. The van der Waals surface area contributed by atoms with Gasteiger partial charge in [0.1, 0.15) is 0 Å². The molecule has 112 valence electrons. The SMILES string of the molecule is COc1cc(-c2cc(-c3ccc(Cl)s3)[nH]c(=O)n2)ccc1O. The van der Waals surface area contributed by atoms with Gasteiger partial charge in [0.25, 0.3) is 0 Å². The molecule has 22 heavy (non-hydrogen) atoms. The van der Waals surface area contributed by atoms with Crippen molar-refractivity contribution >= 4 is 22.9 Å². The third-order valence-electron chi connectivity index (χ3n) is 3.06. The largest absolute Gasteiger partial charge is 0.504 e. The lowest BCUT2D eigenvalue weighted by molar-refractivity contribution is 0.373. The average molecular weight is 335 g/mol. The van der Waals surface area contributed by atoms with Crippen LogP contribution in [0.3, 0.4) is 0 Å². The van der Waals surface area contributed by atoms with E-state index in [-0.39, 0.29) is 5.75 Å². The van der Waals surface area contributed by atoms with Crippen LogP contribution in [0.1, 0.15) is 0 Å². The van der Waals surface area contributed by atoms with E-state index in [1.807, 2.05) is 6.07 Å². The molecule has 0 unspecified atom stereocenters. The summed E-state index contributed by atoms with van der Waals surface area (Å²) >= 11 is 7.30. The van der Waals surface area contributed by atoms with Crippen molar-refractivity contribution in [3.63, 3.8) is 0 Å². The van der Waals surface area contributed by atoms with Gasteiger partial charge in [-0.3, -0.25) is 0 Å². The number of phenolic OH excluding ortho intramolecular Hbond substituents is 1. The van der Waals surface area contributed by atoms with Crippen LogP contribution in [0.25, 0.3) is 21.8 Å². The molecule has 0 spiro atoms. The summed E-state index contributed by atoms with van der Waals surface area (Å²) in [5, 5.41) is 9.65. The fourth-order valence-corrected chi connectivity index (χ4v) is 3.05. The Morgan fingerprint density at radius 2 is 2.09 bits per heavy atom. The molecule has 0 aliphatic carbocycles. The number of H-pyrrole nitrogens is 1. The highest BCUT2D eigenvalue weighted by molar-refractivity contribution is 7.19. The predicted octanol–water partition coefficient (Wildman–Crippen LogP) is 3.53. The molecule has 7 heteroatoms. The second kappa shape index (κ2) is 5.82. The van der Waals surface area contributed by atoms with Gasteiger partial charge in [-0.1, -0.05) is 11.6 Å². The van der Waals surface area contributed by atoms with E-state index in [0.29, 0.717) is 27.0 Å².